The van der Waals surface area contributed by atoms with E-state index in [2.05, 4.69) is 20.9 Å². The van der Waals surface area contributed by atoms with Crippen LogP contribution in [0, 0.1) is 0 Å². The molecule has 4 aromatic heterocycles. The second-order valence-electron chi connectivity index (χ2n) is 5.91. The molecule has 27 heavy (non-hydrogen) atoms. The van der Waals surface area contributed by atoms with E-state index >= 15 is 0 Å². The first-order chi connectivity index (χ1) is 13.0. The molecule has 0 atom stereocenters. The maximum Gasteiger partial charge on any atom is 0.339 e. The number of hydrogen-bond acceptors (Lipinski definition) is 5. The van der Waals surface area contributed by atoms with Crippen molar-refractivity contribution in [3.8, 4) is 0 Å². The van der Waals surface area contributed by atoms with Crippen LogP contribution in [0.25, 0.3) is 22.2 Å². The van der Waals surface area contributed by atoms with Gasteiger partial charge in [0.2, 0.25) is 0 Å². The first kappa shape index (κ1) is 17.5. The van der Waals surface area contributed by atoms with E-state index in [1.807, 2.05) is 14.9 Å². The number of carbonyl (C=O) groups is 2. The van der Waals surface area contributed by atoms with E-state index in [1.165, 1.54) is 0 Å². The third kappa shape index (κ3) is 2.86. The first-order valence-electron chi connectivity index (χ1n) is 8.49. The van der Waals surface area contributed by atoms with Gasteiger partial charge < -0.3 is 13.9 Å². The van der Waals surface area contributed by atoms with Crippen molar-refractivity contribution in [2.45, 2.75) is 13.8 Å². The maximum absolute atomic E-state index is 12.2. The second kappa shape index (κ2) is 6.70. The molecule has 0 fully saturated rings. The van der Waals surface area contributed by atoms with Crippen LogP contribution >= 0.6 is 15.9 Å². The number of pyridine rings is 1. The lowest BCUT2D eigenvalue weighted by Crippen LogP contribution is -2.03. The highest BCUT2D eigenvalue weighted by molar-refractivity contribution is 9.10. The van der Waals surface area contributed by atoms with Gasteiger partial charge in [-0.15, -0.1) is 0 Å². The van der Waals surface area contributed by atoms with Gasteiger partial charge in [-0.3, -0.25) is 4.40 Å². The van der Waals surface area contributed by atoms with Gasteiger partial charge in [0, 0.05) is 23.1 Å². The minimum absolute atomic E-state index is 0.296. The zero-order valence-corrected chi connectivity index (χ0v) is 16.3. The molecule has 0 bridgehead atoms. The molecule has 0 aliphatic carbocycles. The molecule has 4 rings (SSSR count). The van der Waals surface area contributed by atoms with Gasteiger partial charge in [0.15, 0.2) is 5.65 Å². The Bertz CT molecular complexity index is 1210. The Labute approximate surface area is 162 Å². The van der Waals surface area contributed by atoms with Crippen molar-refractivity contribution in [1.82, 2.24) is 13.8 Å². The van der Waals surface area contributed by atoms with E-state index < -0.39 is 11.9 Å². The van der Waals surface area contributed by atoms with Gasteiger partial charge in [0.05, 0.1) is 40.9 Å². The molecule has 0 saturated carbocycles. The van der Waals surface area contributed by atoms with Crippen molar-refractivity contribution < 1.29 is 19.1 Å². The minimum atomic E-state index is -0.401. The number of fused-ring (bicyclic) bond motifs is 6. The van der Waals surface area contributed by atoms with E-state index in [4.69, 9.17) is 9.47 Å². The van der Waals surface area contributed by atoms with E-state index in [0.29, 0.717) is 30.0 Å². The quantitative estimate of drug-likeness (QED) is 0.460. The molecule has 0 radical (unpaired) electrons. The van der Waals surface area contributed by atoms with Gasteiger partial charge >= 0.3 is 11.9 Å². The molecular weight excluding hydrogens is 414 g/mol. The first-order valence-corrected chi connectivity index (χ1v) is 9.28. The van der Waals surface area contributed by atoms with Crippen LogP contribution < -0.4 is 0 Å². The van der Waals surface area contributed by atoms with Crippen LogP contribution in [-0.2, 0) is 9.47 Å². The molecule has 0 amide bonds. The predicted molar refractivity (Wildman–Crippen MR) is 103 cm³/mol. The van der Waals surface area contributed by atoms with Crippen LogP contribution in [0.1, 0.15) is 34.6 Å². The summed E-state index contributed by atoms with van der Waals surface area (Å²) in [5, 5.41) is 0. The zero-order valence-electron chi connectivity index (χ0n) is 14.7. The number of halogens is 1. The average Bonchev–Trinajstić information content (AvgIpc) is 3.27. The monoisotopic (exact) mass is 429 g/mol. The fraction of sp³-hybridized carbons (Fsp3) is 0.211. The average molecular weight is 430 g/mol. The molecule has 0 unspecified atom stereocenters. The third-order valence-corrected chi connectivity index (χ3v) is 4.66. The number of rotatable bonds is 4. The largest absolute Gasteiger partial charge is 0.462 e. The fourth-order valence-corrected chi connectivity index (χ4v) is 3.45. The Morgan fingerprint density at radius 2 is 1.48 bits per heavy atom. The highest BCUT2D eigenvalue weighted by atomic mass is 79.9. The molecule has 0 saturated heterocycles. The van der Waals surface area contributed by atoms with Crippen LogP contribution in [0.3, 0.4) is 0 Å². The number of carbonyl (C=O) groups excluding carboxylic acids is 2. The van der Waals surface area contributed by atoms with Crippen molar-refractivity contribution in [1.29, 1.82) is 0 Å². The molecule has 138 valence electrons. The number of hydrogen-bond donors (Lipinski definition) is 0. The van der Waals surface area contributed by atoms with Gasteiger partial charge in [-0.2, -0.15) is 0 Å². The molecule has 4 heterocycles. The van der Waals surface area contributed by atoms with Gasteiger partial charge in [-0.05, 0) is 48.0 Å². The van der Waals surface area contributed by atoms with Crippen LogP contribution in [0.5, 0.6) is 0 Å². The summed E-state index contributed by atoms with van der Waals surface area (Å²) in [6.07, 6.45) is 5.11. The van der Waals surface area contributed by atoms with Gasteiger partial charge in [-0.25, -0.2) is 14.6 Å². The van der Waals surface area contributed by atoms with Crippen molar-refractivity contribution >= 4 is 50.1 Å². The van der Waals surface area contributed by atoms with Crippen molar-refractivity contribution in [3.63, 3.8) is 0 Å². The summed E-state index contributed by atoms with van der Waals surface area (Å²) in [6.45, 7) is 4.12. The summed E-state index contributed by atoms with van der Waals surface area (Å²) < 4.78 is 14.8. The third-order valence-electron chi connectivity index (χ3n) is 4.23. The van der Waals surface area contributed by atoms with Crippen LogP contribution in [0.4, 0.5) is 0 Å². The van der Waals surface area contributed by atoms with Gasteiger partial charge in [0.25, 0.3) is 0 Å². The van der Waals surface area contributed by atoms with E-state index in [-0.39, 0.29) is 0 Å². The lowest BCUT2D eigenvalue weighted by atomic mass is 10.3. The Kier molecular flexibility index (Phi) is 4.35. The maximum atomic E-state index is 12.2. The lowest BCUT2D eigenvalue weighted by molar-refractivity contribution is 0.0517. The molecule has 7 nitrogen and oxygen atoms in total. The Morgan fingerprint density at radius 1 is 0.926 bits per heavy atom. The van der Waals surface area contributed by atoms with Gasteiger partial charge in [0.1, 0.15) is 0 Å². The number of ether oxygens (including phenoxy) is 2. The predicted octanol–water partition coefficient (Wildman–Crippen LogP) is 3.86. The standard InChI is InChI=1S/C19H16BrN3O4/c1-3-26-18(24)11-5-14-15-6-12(19(25)27-4-2)10-23(15)17-16(22(14)9-11)7-13(20)8-21-17/h5-10H,3-4H2,1-2H3. The Morgan fingerprint density at radius 3 is 2.07 bits per heavy atom. The Hall–Kier alpha value is -2.87. The molecule has 0 aliphatic rings. The highest BCUT2D eigenvalue weighted by Gasteiger charge is 2.18. The summed E-state index contributed by atoms with van der Waals surface area (Å²) in [6, 6.07) is 5.40. The van der Waals surface area contributed by atoms with Crippen molar-refractivity contribution in [3.05, 3.63) is 52.4 Å². The minimum Gasteiger partial charge on any atom is -0.462 e. The smallest absolute Gasteiger partial charge is 0.339 e. The number of nitrogens with zero attached hydrogens (tertiary/aromatic N) is 3. The SMILES string of the molecule is CCOC(=O)c1cc2c3cc(C(=O)OCC)cn3c3ncc(Br)cc3n2c1. The van der Waals surface area contributed by atoms with Crippen molar-refractivity contribution in [2.24, 2.45) is 0 Å². The Balaban J connectivity index is 2.07. The molecule has 0 N–H and O–H groups in total. The summed E-state index contributed by atoms with van der Waals surface area (Å²) in [5.74, 6) is -0.797. The summed E-state index contributed by atoms with van der Waals surface area (Å²) in [4.78, 5) is 28.9. The van der Waals surface area contributed by atoms with E-state index in [9.17, 15) is 9.59 Å². The molecule has 0 aromatic carbocycles. The van der Waals surface area contributed by atoms with Gasteiger partial charge in [-0.1, -0.05) is 0 Å². The van der Waals surface area contributed by atoms with E-state index in [1.54, 1.807) is 44.6 Å². The summed E-state index contributed by atoms with van der Waals surface area (Å²) in [5.41, 5.74) is 3.81. The number of esters is 2. The van der Waals surface area contributed by atoms with E-state index in [0.717, 1.165) is 21.0 Å². The van der Waals surface area contributed by atoms with Crippen molar-refractivity contribution in [2.75, 3.05) is 13.2 Å². The topological polar surface area (TPSA) is 74.3 Å². The molecule has 0 spiro atoms. The molecule has 4 aromatic rings. The van der Waals surface area contributed by atoms with Crippen LogP contribution in [0.2, 0.25) is 0 Å². The second-order valence-corrected chi connectivity index (χ2v) is 6.82. The molecular formula is C19H16BrN3O4. The number of aromatic nitrogens is 3. The zero-order chi connectivity index (χ0) is 19.1. The lowest BCUT2D eigenvalue weighted by Gasteiger charge is -2.07. The summed E-state index contributed by atoms with van der Waals surface area (Å²) in [7, 11) is 0. The molecule has 0 aliphatic heterocycles. The van der Waals surface area contributed by atoms with Crippen LogP contribution in [0.15, 0.2) is 41.3 Å². The normalized spacial score (nSPS) is 11.4. The fourth-order valence-electron chi connectivity index (χ4n) is 3.13. The highest BCUT2D eigenvalue weighted by Crippen LogP contribution is 2.27. The molecule has 8 heteroatoms. The summed E-state index contributed by atoms with van der Waals surface area (Å²) >= 11 is 3.44. The van der Waals surface area contributed by atoms with Crippen LogP contribution in [-0.4, -0.2) is 38.9 Å².